The second kappa shape index (κ2) is 10.7. The molecule has 0 radical (unpaired) electrons. The number of nitrogens with one attached hydrogen (secondary N) is 2. The van der Waals surface area contributed by atoms with E-state index in [0.717, 1.165) is 6.26 Å². The number of hydrogen-bond acceptors (Lipinski definition) is 10. The lowest BCUT2D eigenvalue weighted by molar-refractivity contribution is 0.259. The lowest BCUT2D eigenvalue weighted by Gasteiger charge is -2.05. The Morgan fingerprint density at radius 2 is 1.79 bits per heavy atom. The van der Waals surface area contributed by atoms with Crippen molar-refractivity contribution in [3.8, 4) is 11.8 Å². The SMILES string of the molecule is COc1cc(OC)nc(NC(=O)N=S(=O)=O)n1.CS(=O)(=O)Nc1cccnc1. The van der Waals surface area contributed by atoms with Crippen molar-refractivity contribution < 1.29 is 31.1 Å². The Morgan fingerprint density at radius 1 is 1.18 bits per heavy atom. The van der Waals surface area contributed by atoms with Crippen LogP contribution in [0.5, 0.6) is 11.8 Å². The quantitative estimate of drug-likeness (QED) is 0.677. The minimum atomic E-state index is -3.17. The Morgan fingerprint density at radius 3 is 2.21 bits per heavy atom. The number of nitrogens with zero attached hydrogens (tertiary/aromatic N) is 4. The van der Waals surface area contributed by atoms with Crippen LogP contribution >= 0.6 is 0 Å². The van der Waals surface area contributed by atoms with Gasteiger partial charge in [0, 0.05) is 6.20 Å². The molecule has 0 unspecified atom stereocenters. The third-order valence-electron chi connectivity index (χ3n) is 2.44. The van der Waals surface area contributed by atoms with Gasteiger partial charge in [0.2, 0.25) is 27.7 Å². The first kappa shape index (κ1) is 22.7. The van der Waals surface area contributed by atoms with Crippen LogP contribution in [0.3, 0.4) is 0 Å². The van der Waals surface area contributed by atoms with E-state index < -0.39 is 26.6 Å². The summed E-state index contributed by atoms with van der Waals surface area (Å²) in [6, 6.07) is 3.56. The number of carbonyl (C=O) groups is 1. The highest BCUT2D eigenvalue weighted by molar-refractivity contribution is 7.92. The van der Waals surface area contributed by atoms with Gasteiger partial charge in [0.15, 0.2) is 0 Å². The first-order valence-electron chi connectivity index (χ1n) is 7.10. The molecule has 13 nitrogen and oxygen atoms in total. The highest BCUT2D eigenvalue weighted by atomic mass is 32.2. The average Bonchev–Trinajstić information content (AvgIpc) is 2.60. The lowest BCUT2D eigenvalue weighted by atomic mass is 10.4. The highest BCUT2D eigenvalue weighted by Crippen LogP contribution is 2.17. The van der Waals surface area contributed by atoms with Crippen LogP contribution in [0, 0.1) is 0 Å². The smallest absolute Gasteiger partial charge is 0.362 e. The van der Waals surface area contributed by atoms with E-state index in [-0.39, 0.29) is 17.7 Å². The predicted octanol–water partition coefficient (Wildman–Crippen LogP) is 0.541. The molecule has 28 heavy (non-hydrogen) atoms. The zero-order valence-corrected chi connectivity index (χ0v) is 16.5. The number of hydrogen-bond donors (Lipinski definition) is 2. The summed E-state index contributed by atoms with van der Waals surface area (Å²) < 4.78 is 56.2. The molecule has 2 amide bonds. The van der Waals surface area contributed by atoms with Crippen molar-refractivity contribution >= 4 is 38.2 Å². The van der Waals surface area contributed by atoms with Gasteiger partial charge >= 0.3 is 16.5 Å². The molecule has 0 aromatic carbocycles. The van der Waals surface area contributed by atoms with Gasteiger partial charge in [-0.1, -0.05) is 4.36 Å². The number of carbonyl (C=O) groups excluding carboxylic acids is 1. The highest BCUT2D eigenvalue weighted by Gasteiger charge is 2.08. The Balaban J connectivity index is 0.000000307. The molecule has 15 heteroatoms. The van der Waals surface area contributed by atoms with Gasteiger partial charge in [-0.15, -0.1) is 0 Å². The number of ether oxygens (including phenoxy) is 2. The topological polar surface area (TPSA) is 179 Å². The van der Waals surface area contributed by atoms with E-state index in [1.807, 2.05) is 5.32 Å². The van der Waals surface area contributed by atoms with Crippen molar-refractivity contribution in [2.45, 2.75) is 0 Å². The molecule has 0 aliphatic carbocycles. The van der Waals surface area contributed by atoms with Crippen LogP contribution in [0.2, 0.25) is 0 Å². The molecule has 0 aliphatic rings. The van der Waals surface area contributed by atoms with Gasteiger partial charge in [-0.05, 0) is 12.1 Å². The molecule has 0 bridgehead atoms. The summed E-state index contributed by atoms with van der Waals surface area (Å²) in [6.45, 7) is 0. The van der Waals surface area contributed by atoms with E-state index in [9.17, 15) is 21.6 Å². The monoisotopic (exact) mass is 432 g/mol. The Bertz CT molecular complexity index is 1010. The van der Waals surface area contributed by atoms with E-state index in [0.29, 0.717) is 5.69 Å². The van der Waals surface area contributed by atoms with Crippen molar-refractivity contribution in [3.05, 3.63) is 30.6 Å². The fourth-order valence-corrected chi connectivity index (χ4v) is 2.22. The van der Waals surface area contributed by atoms with Crippen molar-refractivity contribution in [2.24, 2.45) is 4.36 Å². The van der Waals surface area contributed by atoms with E-state index in [1.165, 1.54) is 26.5 Å². The molecule has 2 aromatic heterocycles. The average molecular weight is 432 g/mol. The summed E-state index contributed by atoms with van der Waals surface area (Å²) in [5, 5.41) is 2.04. The summed E-state index contributed by atoms with van der Waals surface area (Å²) in [7, 11) is -3.27. The summed E-state index contributed by atoms with van der Waals surface area (Å²) in [5.41, 5.74) is 0.481. The summed E-state index contributed by atoms with van der Waals surface area (Å²) in [5.74, 6) is 0.117. The molecule has 0 aliphatic heterocycles. The Labute approximate surface area is 161 Å². The molecule has 0 saturated carbocycles. The van der Waals surface area contributed by atoms with Gasteiger partial charge in [0.05, 0.1) is 38.4 Å². The third kappa shape index (κ3) is 9.39. The van der Waals surface area contributed by atoms with E-state index in [2.05, 4.69) is 24.0 Å². The largest absolute Gasteiger partial charge is 0.481 e. The van der Waals surface area contributed by atoms with Crippen molar-refractivity contribution in [2.75, 3.05) is 30.5 Å². The van der Waals surface area contributed by atoms with Crippen LogP contribution in [0.4, 0.5) is 16.4 Å². The van der Waals surface area contributed by atoms with Gasteiger partial charge in [0.25, 0.3) is 0 Å². The summed E-state index contributed by atoms with van der Waals surface area (Å²) in [6.07, 6.45) is 4.12. The number of pyridine rings is 1. The number of urea groups is 1. The molecule has 2 aromatic rings. The van der Waals surface area contributed by atoms with Crippen LogP contribution in [0.15, 0.2) is 35.0 Å². The molecule has 2 rings (SSSR count). The Kier molecular flexibility index (Phi) is 8.70. The molecule has 0 atom stereocenters. The van der Waals surface area contributed by atoms with E-state index >= 15 is 0 Å². The maximum Gasteiger partial charge on any atom is 0.362 e. The van der Waals surface area contributed by atoms with Gasteiger partial charge in [0.1, 0.15) is 0 Å². The first-order chi connectivity index (χ1) is 13.1. The molecule has 152 valence electrons. The number of methoxy groups -OCH3 is 2. The zero-order chi connectivity index (χ0) is 21.2. The van der Waals surface area contributed by atoms with E-state index in [4.69, 9.17) is 9.47 Å². The number of rotatable bonds is 5. The number of amides is 2. The molecule has 0 fully saturated rings. The molecule has 0 saturated heterocycles. The second-order valence-electron chi connectivity index (χ2n) is 4.63. The van der Waals surface area contributed by atoms with Gasteiger partial charge < -0.3 is 9.47 Å². The van der Waals surface area contributed by atoms with Gasteiger partial charge in [-0.3, -0.25) is 15.0 Å². The number of sulfonamides is 1. The molecule has 2 N–H and O–H groups in total. The molecule has 0 spiro atoms. The molecule has 2 heterocycles. The van der Waals surface area contributed by atoms with Crippen LogP contribution in [-0.2, 0) is 20.5 Å². The maximum absolute atomic E-state index is 11.0. The van der Waals surface area contributed by atoms with Gasteiger partial charge in [-0.25, -0.2) is 13.2 Å². The van der Waals surface area contributed by atoms with Gasteiger partial charge in [-0.2, -0.15) is 18.4 Å². The molecular weight excluding hydrogens is 416 g/mol. The fraction of sp³-hybridized carbons (Fsp3) is 0.231. The van der Waals surface area contributed by atoms with Crippen molar-refractivity contribution in [1.29, 1.82) is 0 Å². The van der Waals surface area contributed by atoms with Crippen LogP contribution in [0.25, 0.3) is 0 Å². The summed E-state index contributed by atoms with van der Waals surface area (Å²) in [4.78, 5) is 22.2. The molecular formula is C13H16N6O7S2. The minimum Gasteiger partial charge on any atom is -0.481 e. The predicted molar refractivity (Wildman–Crippen MR) is 98.2 cm³/mol. The van der Waals surface area contributed by atoms with Crippen LogP contribution in [-0.4, -0.2) is 58.3 Å². The van der Waals surface area contributed by atoms with Crippen molar-refractivity contribution in [3.63, 3.8) is 0 Å². The summed E-state index contributed by atoms with van der Waals surface area (Å²) >= 11 is 0. The van der Waals surface area contributed by atoms with E-state index in [1.54, 1.807) is 18.3 Å². The lowest BCUT2D eigenvalue weighted by Crippen LogP contribution is -2.10. The number of aromatic nitrogens is 3. The standard InChI is InChI=1S/C7H8N4O5S.C6H8N2O2S/c1-15-4-3-5(16-2)9-6(8-4)10-7(12)11-17(13)14;1-11(9,10)8-6-3-2-4-7-5-6/h3H,1-2H3,(H,8,9,10,12);2-5,8H,1H3. The van der Waals surface area contributed by atoms with Crippen molar-refractivity contribution in [1.82, 2.24) is 15.0 Å². The Hall–Kier alpha value is -3.33. The van der Waals surface area contributed by atoms with Crippen LogP contribution in [0.1, 0.15) is 0 Å². The zero-order valence-electron chi connectivity index (χ0n) is 14.8. The third-order valence-corrected chi connectivity index (χ3v) is 3.36. The number of anilines is 2. The second-order valence-corrected chi connectivity index (χ2v) is 7.00. The van der Waals surface area contributed by atoms with Crippen LogP contribution < -0.4 is 19.5 Å². The minimum absolute atomic E-state index is 0.149. The fourth-order valence-electron chi connectivity index (χ4n) is 1.49. The first-order valence-corrected chi connectivity index (χ1v) is 10.0. The maximum atomic E-state index is 11.0. The normalized spacial score (nSPS) is 9.96.